The molecule has 14 heavy (non-hydrogen) atoms. The predicted molar refractivity (Wildman–Crippen MR) is 55.9 cm³/mol. The van der Waals surface area contributed by atoms with Gasteiger partial charge in [0.25, 0.3) is 0 Å². The average molecular weight is 200 g/mol. The molecule has 1 atom stereocenters. The molecule has 82 valence electrons. The van der Waals surface area contributed by atoms with Gasteiger partial charge >= 0.3 is 5.97 Å². The van der Waals surface area contributed by atoms with E-state index < -0.39 is 0 Å². The van der Waals surface area contributed by atoms with Crippen molar-refractivity contribution in [3.8, 4) is 0 Å². The Hall–Kier alpha value is -0.830. The highest BCUT2D eigenvalue weighted by Crippen LogP contribution is 2.06. The highest BCUT2D eigenvalue weighted by molar-refractivity contribution is 5.81. The lowest BCUT2D eigenvalue weighted by Crippen LogP contribution is -2.07. The Morgan fingerprint density at radius 1 is 1.50 bits per heavy atom. The Balaban J connectivity index is 3.20. The molecule has 0 aliphatic rings. The van der Waals surface area contributed by atoms with Crippen molar-refractivity contribution >= 4 is 5.97 Å². The quantitative estimate of drug-likeness (QED) is 0.370. The molecule has 0 spiro atoms. The van der Waals surface area contributed by atoms with Gasteiger partial charge in [-0.15, -0.1) is 0 Å². The van der Waals surface area contributed by atoms with Crippen molar-refractivity contribution < 1.29 is 14.6 Å². The topological polar surface area (TPSA) is 46.5 Å². The molecule has 0 amide bonds. The maximum absolute atomic E-state index is 10.6. The summed E-state index contributed by atoms with van der Waals surface area (Å²) in [4.78, 5) is 10.6. The molecule has 0 aliphatic heterocycles. The number of esters is 1. The van der Waals surface area contributed by atoms with Gasteiger partial charge in [-0.05, 0) is 25.7 Å². The fourth-order valence-electron chi connectivity index (χ4n) is 1.19. The molecular formula is C11H20O3. The first kappa shape index (κ1) is 13.2. The number of ether oxygens (including phenoxy) is 1. The summed E-state index contributed by atoms with van der Waals surface area (Å²) < 4.78 is 4.79. The number of carbonyl (C=O) groups is 1. The highest BCUT2D eigenvalue weighted by atomic mass is 16.5. The molecule has 1 N–H and O–H groups in total. The summed E-state index contributed by atoms with van der Waals surface area (Å²) in [6.45, 7) is 5.77. The minimum atomic E-state index is -0.376. The van der Waals surface area contributed by atoms with Gasteiger partial charge in [-0.25, -0.2) is 4.79 Å². The number of hydrogen-bond acceptors (Lipinski definition) is 3. The zero-order valence-corrected chi connectivity index (χ0v) is 8.87. The van der Waals surface area contributed by atoms with E-state index in [2.05, 4.69) is 13.5 Å². The van der Waals surface area contributed by atoms with Gasteiger partial charge in [-0.3, -0.25) is 0 Å². The summed E-state index contributed by atoms with van der Waals surface area (Å²) in [5, 5.41) is 9.38. The van der Waals surface area contributed by atoms with Gasteiger partial charge in [-0.2, -0.15) is 0 Å². The van der Waals surface area contributed by atoms with Crippen molar-refractivity contribution in [2.75, 3.05) is 6.61 Å². The van der Waals surface area contributed by atoms with Crippen LogP contribution in [0, 0.1) is 0 Å². The maximum atomic E-state index is 10.6. The second-order valence-corrected chi connectivity index (χ2v) is 3.31. The zero-order valence-electron chi connectivity index (χ0n) is 8.87. The van der Waals surface area contributed by atoms with Crippen molar-refractivity contribution in [2.45, 2.75) is 45.1 Å². The molecule has 0 fully saturated rings. The molecule has 1 unspecified atom stereocenters. The van der Waals surface area contributed by atoms with Gasteiger partial charge in [0.05, 0.1) is 12.7 Å². The van der Waals surface area contributed by atoms with E-state index in [-0.39, 0.29) is 12.1 Å². The summed E-state index contributed by atoms with van der Waals surface area (Å²) in [6, 6.07) is 0. The third-order valence-electron chi connectivity index (χ3n) is 1.96. The lowest BCUT2D eigenvalue weighted by molar-refractivity contribution is -0.137. The van der Waals surface area contributed by atoms with E-state index in [1.54, 1.807) is 0 Å². The molecule has 0 saturated heterocycles. The van der Waals surface area contributed by atoms with Crippen LogP contribution in [-0.4, -0.2) is 23.8 Å². The van der Waals surface area contributed by atoms with Crippen LogP contribution in [-0.2, 0) is 9.53 Å². The molecule has 0 saturated carbocycles. The molecule has 0 aromatic rings. The molecule has 0 heterocycles. The Bertz CT molecular complexity index is 166. The highest BCUT2D eigenvalue weighted by Gasteiger charge is 2.02. The lowest BCUT2D eigenvalue weighted by atomic mass is 10.1. The van der Waals surface area contributed by atoms with Crippen molar-refractivity contribution in [2.24, 2.45) is 0 Å². The Morgan fingerprint density at radius 2 is 2.21 bits per heavy atom. The Morgan fingerprint density at radius 3 is 2.79 bits per heavy atom. The molecule has 0 rings (SSSR count). The minimum absolute atomic E-state index is 0.199. The van der Waals surface area contributed by atoms with E-state index in [1.807, 2.05) is 0 Å². The predicted octanol–water partition coefficient (Wildman–Crippen LogP) is 2.05. The van der Waals surface area contributed by atoms with Crippen LogP contribution in [0.15, 0.2) is 12.7 Å². The van der Waals surface area contributed by atoms with Crippen molar-refractivity contribution in [3.05, 3.63) is 12.7 Å². The summed E-state index contributed by atoms with van der Waals surface area (Å²) in [7, 11) is 0. The van der Waals surface area contributed by atoms with Crippen LogP contribution < -0.4 is 0 Å². The van der Waals surface area contributed by atoms with Crippen LogP contribution >= 0.6 is 0 Å². The number of aliphatic hydroxyl groups excluding tert-OH is 1. The summed E-state index contributed by atoms with van der Waals surface area (Å²) in [5.74, 6) is -0.376. The normalized spacial score (nSPS) is 12.1. The first-order valence-corrected chi connectivity index (χ1v) is 5.18. The van der Waals surface area contributed by atoms with Crippen molar-refractivity contribution in [3.63, 3.8) is 0 Å². The lowest BCUT2D eigenvalue weighted by Gasteiger charge is -2.08. The van der Waals surface area contributed by atoms with Crippen LogP contribution in [0.3, 0.4) is 0 Å². The van der Waals surface area contributed by atoms with Crippen LogP contribution in [0.4, 0.5) is 0 Å². The number of aliphatic hydroxyl groups is 1. The van der Waals surface area contributed by atoms with E-state index in [0.29, 0.717) is 6.61 Å². The van der Waals surface area contributed by atoms with Crippen molar-refractivity contribution in [1.82, 2.24) is 0 Å². The number of carbonyl (C=O) groups excluding carboxylic acids is 1. The fourth-order valence-corrected chi connectivity index (χ4v) is 1.19. The van der Waals surface area contributed by atoms with E-state index in [1.165, 1.54) is 0 Å². The summed E-state index contributed by atoms with van der Waals surface area (Å²) >= 11 is 0. The van der Waals surface area contributed by atoms with E-state index >= 15 is 0 Å². The van der Waals surface area contributed by atoms with Crippen LogP contribution in [0.5, 0.6) is 0 Å². The Kier molecular flexibility index (Phi) is 8.24. The van der Waals surface area contributed by atoms with Gasteiger partial charge in [-0.1, -0.05) is 19.9 Å². The largest absolute Gasteiger partial charge is 0.463 e. The number of rotatable bonds is 8. The molecular weight excluding hydrogens is 180 g/mol. The SMILES string of the molecule is C=CC(=O)OCCCCC(O)CCC. The number of hydrogen-bond donors (Lipinski definition) is 1. The fraction of sp³-hybridized carbons (Fsp3) is 0.727. The van der Waals surface area contributed by atoms with E-state index in [9.17, 15) is 9.90 Å². The van der Waals surface area contributed by atoms with Crippen LogP contribution in [0.1, 0.15) is 39.0 Å². The van der Waals surface area contributed by atoms with E-state index in [0.717, 1.165) is 38.2 Å². The maximum Gasteiger partial charge on any atom is 0.330 e. The van der Waals surface area contributed by atoms with Gasteiger partial charge in [0, 0.05) is 6.08 Å². The van der Waals surface area contributed by atoms with Crippen LogP contribution in [0.25, 0.3) is 0 Å². The van der Waals surface area contributed by atoms with E-state index in [4.69, 9.17) is 4.74 Å². The first-order valence-electron chi connectivity index (χ1n) is 5.18. The molecule has 3 heteroatoms. The number of unbranched alkanes of at least 4 members (excludes halogenated alkanes) is 1. The minimum Gasteiger partial charge on any atom is -0.463 e. The average Bonchev–Trinajstić information content (AvgIpc) is 2.17. The van der Waals surface area contributed by atoms with Crippen LogP contribution in [0.2, 0.25) is 0 Å². The molecule has 3 nitrogen and oxygen atoms in total. The monoisotopic (exact) mass is 200 g/mol. The van der Waals surface area contributed by atoms with Gasteiger partial charge < -0.3 is 9.84 Å². The molecule has 0 bridgehead atoms. The smallest absolute Gasteiger partial charge is 0.330 e. The van der Waals surface area contributed by atoms with Gasteiger partial charge in [0.15, 0.2) is 0 Å². The zero-order chi connectivity index (χ0) is 10.8. The summed E-state index contributed by atoms with van der Waals surface area (Å²) in [5.41, 5.74) is 0. The summed E-state index contributed by atoms with van der Waals surface area (Å²) in [6.07, 6.45) is 5.31. The standard InChI is InChI=1S/C11H20O3/c1-3-7-10(12)8-5-6-9-14-11(13)4-2/h4,10,12H,2-3,5-9H2,1H3. The second kappa shape index (κ2) is 8.75. The second-order valence-electron chi connectivity index (χ2n) is 3.31. The third-order valence-corrected chi connectivity index (χ3v) is 1.96. The molecule has 0 aromatic carbocycles. The third kappa shape index (κ3) is 7.80. The molecule has 0 radical (unpaired) electrons. The Labute approximate surface area is 85.8 Å². The molecule has 0 aromatic heterocycles. The van der Waals surface area contributed by atoms with Gasteiger partial charge in [0.1, 0.15) is 0 Å². The van der Waals surface area contributed by atoms with Crippen molar-refractivity contribution in [1.29, 1.82) is 0 Å². The molecule has 0 aliphatic carbocycles. The van der Waals surface area contributed by atoms with Gasteiger partial charge in [0.2, 0.25) is 0 Å². The first-order chi connectivity index (χ1) is 6.70.